The first-order valence-electron chi connectivity index (χ1n) is 7.35. The average molecular weight is 288 g/mol. The summed E-state index contributed by atoms with van der Waals surface area (Å²) in [5.41, 5.74) is 1.42. The number of imidazole rings is 1. The van der Waals surface area contributed by atoms with E-state index in [-0.39, 0.29) is 5.78 Å². The highest BCUT2D eigenvalue weighted by molar-refractivity contribution is 7.14. The number of rotatable bonds is 4. The van der Waals surface area contributed by atoms with Gasteiger partial charge in [-0.3, -0.25) is 4.79 Å². The molecule has 1 aliphatic rings. The average Bonchev–Trinajstić information content (AvgIpc) is 2.97. The summed E-state index contributed by atoms with van der Waals surface area (Å²) in [6, 6.07) is 2.14. The number of fused-ring (bicyclic) bond motifs is 1. The van der Waals surface area contributed by atoms with Gasteiger partial charge in [0.2, 0.25) is 0 Å². The minimum Gasteiger partial charge on any atom is -0.338 e. The molecule has 0 bridgehead atoms. The Balaban J connectivity index is 1.67. The monoisotopic (exact) mass is 288 g/mol. The highest BCUT2D eigenvalue weighted by Gasteiger charge is 2.16. The number of aryl methyl sites for hydroxylation is 4. The SMILES string of the molecule is Cn1ccnc1CCC(=O)c1cc2c(s1)CCCCC2. The van der Waals surface area contributed by atoms with E-state index in [4.69, 9.17) is 0 Å². The highest BCUT2D eigenvalue weighted by atomic mass is 32.1. The zero-order valence-corrected chi connectivity index (χ0v) is 12.7. The molecule has 3 nitrogen and oxygen atoms in total. The van der Waals surface area contributed by atoms with E-state index in [9.17, 15) is 4.79 Å². The number of hydrogen-bond donors (Lipinski definition) is 0. The van der Waals surface area contributed by atoms with Gasteiger partial charge in [-0.1, -0.05) is 6.42 Å². The van der Waals surface area contributed by atoms with Gasteiger partial charge in [-0.15, -0.1) is 11.3 Å². The van der Waals surface area contributed by atoms with Crippen LogP contribution in [0.4, 0.5) is 0 Å². The molecule has 20 heavy (non-hydrogen) atoms. The quantitative estimate of drug-likeness (QED) is 0.637. The number of thiophene rings is 1. The second-order valence-corrected chi connectivity index (χ2v) is 6.63. The Bertz CT molecular complexity index is 588. The van der Waals surface area contributed by atoms with Gasteiger partial charge in [0.1, 0.15) is 5.82 Å². The molecular formula is C16H20N2OS. The van der Waals surface area contributed by atoms with E-state index < -0.39 is 0 Å². The van der Waals surface area contributed by atoms with Gasteiger partial charge in [0.25, 0.3) is 0 Å². The third-order valence-corrected chi connectivity index (χ3v) is 5.30. The lowest BCUT2D eigenvalue weighted by atomic mass is 10.1. The van der Waals surface area contributed by atoms with E-state index in [2.05, 4.69) is 11.1 Å². The molecule has 0 aliphatic heterocycles. The predicted molar refractivity (Wildman–Crippen MR) is 81.4 cm³/mol. The minimum atomic E-state index is 0.270. The summed E-state index contributed by atoms with van der Waals surface area (Å²) in [6.45, 7) is 0. The van der Waals surface area contributed by atoms with Gasteiger partial charge in [0.15, 0.2) is 5.78 Å². The van der Waals surface area contributed by atoms with E-state index in [1.54, 1.807) is 17.5 Å². The lowest BCUT2D eigenvalue weighted by Gasteiger charge is -2.00. The molecule has 1 aliphatic carbocycles. The van der Waals surface area contributed by atoms with Crippen molar-refractivity contribution in [2.24, 2.45) is 7.05 Å². The van der Waals surface area contributed by atoms with Crippen LogP contribution in [0.3, 0.4) is 0 Å². The maximum atomic E-state index is 12.3. The van der Waals surface area contributed by atoms with Crippen molar-refractivity contribution in [3.63, 3.8) is 0 Å². The highest BCUT2D eigenvalue weighted by Crippen LogP contribution is 2.29. The van der Waals surface area contributed by atoms with Crippen LogP contribution in [0.5, 0.6) is 0 Å². The molecule has 2 heterocycles. The maximum Gasteiger partial charge on any atom is 0.173 e. The van der Waals surface area contributed by atoms with E-state index in [0.29, 0.717) is 6.42 Å². The van der Waals surface area contributed by atoms with Crippen molar-refractivity contribution in [2.45, 2.75) is 44.9 Å². The molecule has 0 fully saturated rings. The normalized spacial score (nSPS) is 14.8. The molecule has 0 radical (unpaired) electrons. The number of aromatic nitrogens is 2. The van der Waals surface area contributed by atoms with Crippen LogP contribution in [0.15, 0.2) is 18.5 Å². The Hall–Kier alpha value is -1.42. The predicted octanol–water partition coefficient (Wildman–Crippen LogP) is 3.57. The fourth-order valence-corrected chi connectivity index (χ4v) is 4.01. The number of hydrogen-bond acceptors (Lipinski definition) is 3. The van der Waals surface area contributed by atoms with E-state index in [1.807, 2.05) is 17.8 Å². The van der Waals surface area contributed by atoms with Crippen LogP contribution in [-0.2, 0) is 26.3 Å². The number of Topliss-reactive ketones (excluding diaryl/α,β-unsaturated/α-hetero) is 1. The summed E-state index contributed by atoms with van der Waals surface area (Å²) in [6.07, 6.45) is 11.2. The zero-order chi connectivity index (χ0) is 13.9. The molecule has 2 aromatic rings. The van der Waals surface area contributed by atoms with E-state index in [1.165, 1.54) is 29.7 Å². The molecule has 0 amide bonds. The zero-order valence-electron chi connectivity index (χ0n) is 11.9. The second-order valence-electron chi connectivity index (χ2n) is 5.50. The smallest absolute Gasteiger partial charge is 0.173 e. The molecule has 0 saturated heterocycles. The van der Waals surface area contributed by atoms with Gasteiger partial charge < -0.3 is 4.57 Å². The van der Waals surface area contributed by atoms with Crippen molar-refractivity contribution in [3.05, 3.63) is 39.6 Å². The van der Waals surface area contributed by atoms with Crippen LogP contribution in [0, 0.1) is 0 Å². The molecule has 4 heteroatoms. The molecule has 0 aromatic carbocycles. The van der Waals surface area contributed by atoms with E-state index in [0.717, 1.165) is 30.0 Å². The summed E-state index contributed by atoms with van der Waals surface area (Å²) in [4.78, 5) is 19.0. The summed E-state index contributed by atoms with van der Waals surface area (Å²) in [5, 5.41) is 0. The minimum absolute atomic E-state index is 0.270. The van der Waals surface area contributed by atoms with Gasteiger partial charge in [0.05, 0.1) is 4.88 Å². The van der Waals surface area contributed by atoms with Gasteiger partial charge in [-0.05, 0) is 37.3 Å². The first-order valence-corrected chi connectivity index (χ1v) is 8.16. The lowest BCUT2D eigenvalue weighted by Crippen LogP contribution is -2.03. The van der Waals surface area contributed by atoms with Crippen molar-refractivity contribution in [1.29, 1.82) is 0 Å². The Morgan fingerprint density at radius 3 is 3.00 bits per heavy atom. The second kappa shape index (κ2) is 5.92. The van der Waals surface area contributed by atoms with Crippen molar-refractivity contribution >= 4 is 17.1 Å². The number of carbonyl (C=O) groups excluding carboxylic acids is 1. The maximum absolute atomic E-state index is 12.3. The summed E-state index contributed by atoms with van der Waals surface area (Å²) in [7, 11) is 1.97. The molecule has 0 unspecified atom stereocenters. The molecule has 0 atom stereocenters. The standard InChI is InChI=1S/C16H20N2OS/c1-18-10-9-17-16(18)8-7-13(19)15-11-12-5-3-2-4-6-14(12)20-15/h9-11H,2-8H2,1H3. The Morgan fingerprint density at radius 1 is 1.35 bits per heavy atom. The molecule has 3 rings (SSSR count). The van der Waals surface area contributed by atoms with Crippen molar-refractivity contribution in [3.8, 4) is 0 Å². The third-order valence-electron chi connectivity index (χ3n) is 4.02. The van der Waals surface area contributed by atoms with Crippen LogP contribution >= 0.6 is 11.3 Å². The van der Waals surface area contributed by atoms with Crippen LogP contribution in [0.25, 0.3) is 0 Å². The van der Waals surface area contributed by atoms with Crippen LogP contribution in [-0.4, -0.2) is 15.3 Å². The number of carbonyl (C=O) groups is 1. The fraction of sp³-hybridized carbons (Fsp3) is 0.500. The first-order chi connectivity index (χ1) is 9.74. The Labute approximate surface area is 123 Å². The topological polar surface area (TPSA) is 34.9 Å². The van der Waals surface area contributed by atoms with Crippen LogP contribution in [0.2, 0.25) is 0 Å². The first kappa shape index (κ1) is 13.6. The van der Waals surface area contributed by atoms with Gasteiger partial charge >= 0.3 is 0 Å². The molecule has 0 N–H and O–H groups in total. The van der Waals surface area contributed by atoms with Crippen LogP contribution < -0.4 is 0 Å². The summed E-state index contributed by atoms with van der Waals surface area (Å²) < 4.78 is 1.98. The van der Waals surface area contributed by atoms with Crippen molar-refractivity contribution in [2.75, 3.05) is 0 Å². The molecule has 2 aromatic heterocycles. The number of nitrogens with zero attached hydrogens (tertiary/aromatic N) is 2. The van der Waals surface area contributed by atoms with Crippen molar-refractivity contribution in [1.82, 2.24) is 9.55 Å². The Kier molecular flexibility index (Phi) is 4.01. The number of ketones is 1. The Morgan fingerprint density at radius 2 is 2.20 bits per heavy atom. The summed E-state index contributed by atoms with van der Waals surface area (Å²) >= 11 is 1.72. The third kappa shape index (κ3) is 2.85. The van der Waals surface area contributed by atoms with Gasteiger partial charge in [-0.25, -0.2) is 4.98 Å². The molecular weight excluding hydrogens is 268 g/mol. The van der Waals surface area contributed by atoms with Gasteiger partial charge in [-0.2, -0.15) is 0 Å². The molecule has 0 saturated carbocycles. The molecule has 0 spiro atoms. The summed E-state index contributed by atoms with van der Waals surface area (Å²) in [5.74, 6) is 1.25. The largest absolute Gasteiger partial charge is 0.338 e. The fourth-order valence-electron chi connectivity index (χ4n) is 2.79. The molecule has 106 valence electrons. The van der Waals surface area contributed by atoms with Crippen molar-refractivity contribution < 1.29 is 4.79 Å². The van der Waals surface area contributed by atoms with E-state index >= 15 is 0 Å². The van der Waals surface area contributed by atoms with Gasteiger partial charge in [0, 0.05) is 37.2 Å². The van der Waals surface area contributed by atoms with Crippen LogP contribution in [0.1, 0.15) is 51.6 Å². The lowest BCUT2D eigenvalue weighted by molar-refractivity contribution is 0.0986.